The molecule has 0 amide bonds. The van der Waals surface area contributed by atoms with Gasteiger partial charge in [0, 0.05) is 31.9 Å². The molecule has 2 aromatic carbocycles. The standard InChI is InChI=1S/C18H20F3N3O/c1-25-15-5-3-14(4-6-15)23-8-10-24(11-9-23)17-7-2-13(12-16(17)22)18(19,20)21/h2-7,12H,8-11,22H2,1H3. The maximum atomic E-state index is 12.8. The van der Waals surface area contributed by atoms with E-state index < -0.39 is 11.7 Å². The quantitative estimate of drug-likeness (QED) is 0.858. The van der Waals surface area contributed by atoms with Gasteiger partial charge in [0.15, 0.2) is 0 Å². The second-order valence-corrected chi connectivity index (χ2v) is 5.94. The Hall–Kier alpha value is -2.57. The molecule has 1 fully saturated rings. The first-order valence-electron chi connectivity index (χ1n) is 7.99. The summed E-state index contributed by atoms with van der Waals surface area (Å²) >= 11 is 0. The van der Waals surface area contributed by atoms with Gasteiger partial charge in [0.1, 0.15) is 5.75 Å². The van der Waals surface area contributed by atoms with Crippen molar-refractivity contribution in [3.8, 4) is 5.75 Å². The van der Waals surface area contributed by atoms with E-state index in [-0.39, 0.29) is 5.69 Å². The zero-order chi connectivity index (χ0) is 18.0. The Kier molecular flexibility index (Phi) is 4.65. The van der Waals surface area contributed by atoms with Crippen LogP contribution in [-0.4, -0.2) is 33.3 Å². The summed E-state index contributed by atoms with van der Waals surface area (Å²) in [6.07, 6.45) is -4.38. The molecule has 1 aliphatic heterocycles. The summed E-state index contributed by atoms with van der Waals surface area (Å²) in [6.45, 7) is 2.93. The van der Waals surface area contributed by atoms with Gasteiger partial charge < -0.3 is 20.3 Å². The fourth-order valence-corrected chi connectivity index (χ4v) is 3.02. The topological polar surface area (TPSA) is 41.7 Å². The molecule has 25 heavy (non-hydrogen) atoms. The average Bonchev–Trinajstić information content (AvgIpc) is 2.61. The van der Waals surface area contributed by atoms with Crippen LogP contribution < -0.4 is 20.3 Å². The normalized spacial score (nSPS) is 15.4. The van der Waals surface area contributed by atoms with E-state index in [2.05, 4.69) is 4.90 Å². The molecule has 0 radical (unpaired) electrons. The van der Waals surface area contributed by atoms with Crippen LogP contribution in [0.25, 0.3) is 0 Å². The van der Waals surface area contributed by atoms with Crippen molar-refractivity contribution in [1.29, 1.82) is 0 Å². The van der Waals surface area contributed by atoms with Gasteiger partial charge in [-0.25, -0.2) is 0 Å². The van der Waals surface area contributed by atoms with Crippen molar-refractivity contribution in [2.45, 2.75) is 6.18 Å². The number of nitrogen functional groups attached to an aromatic ring is 1. The van der Waals surface area contributed by atoms with Crippen molar-refractivity contribution in [2.24, 2.45) is 0 Å². The molecular formula is C18H20F3N3O. The molecular weight excluding hydrogens is 331 g/mol. The van der Waals surface area contributed by atoms with Crippen LogP contribution in [0, 0.1) is 0 Å². The van der Waals surface area contributed by atoms with Gasteiger partial charge in [-0.15, -0.1) is 0 Å². The molecule has 0 aliphatic carbocycles. The van der Waals surface area contributed by atoms with Gasteiger partial charge in [0.2, 0.25) is 0 Å². The minimum Gasteiger partial charge on any atom is -0.497 e. The molecule has 0 spiro atoms. The first kappa shape index (κ1) is 17.3. The lowest BCUT2D eigenvalue weighted by atomic mass is 10.1. The minimum atomic E-state index is -4.38. The number of hydrogen-bond acceptors (Lipinski definition) is 4. The Morgan fingerprint density at radius 2 is 1.52 bits per heavy atom. The summed E-state index contributed by atoms with van der Waals surface area (Å²) in [5.74, 6) is 0.805. The van der Waals surface area contributed by atoms with E-state index in [1.54, 1.807) is 7.11 Å². The predicted molar refractivity (Wildman–Crippen MR) is 93.3 cm³/mol. The average molecular weight is 351 g/mol. The Morgan fingerprint density at radius 1 is 0.920 bits per heavy atom. The van der Waals surface area contributed by atoms with Crippen molar-refractivity contribution in [1.82, 2.24) is 0 Å². The molecule has 7 heteroatoms. The molecule has 4 nitrogen and oxygen atoms in total. The molecule has 1 aliphatic rings. The van der Waals surface area contributed by atoms with E-state index in [4.69, 9.17) is 10.5 Å². The van der Waals surface area contributed by atoms with Crippen LogP contribution in [0.4, 0.5) is 30.2 Å². The number of alkyl halides is 3. The molecule has 0 saturated carbocycles. The summed E-state index contributed by atoms with van der Waals surface area (Å²) < 4.78 is 43.4. The van der Waals surface area contributed by atoms with Crippen LogP contribution in [0.1, 0.15) is 5.56 Å². The van der Waals surface area contributed by atoms with Gasteiger partial charge in [-0.3, -0.25) is 0 Å². The molecule has 0 aromatic heterocycles. The van der Waals surface area contributed by atoms with Crippen molar-refractivity contribution in [3.05, 3.63) is 48.0 Å². The van der Waals surface area contributed by atoms with Gasteiger partial charge in [-0.05, 0) is 42.5 Å². The summed E-state index contributed by atoms with van der Waals surface area (Å²) in [5, 5.41) is 0. The number of rotatable bonds is 3. The van der Waals surface area contributed by atoms with Crippen LogP contribution in [0.2, 0.25) is 0 Å². The number of nitrogens with two attached hydrogens (primary N) is 1. The molecule has 1 saturated heterocycles. The molecule has 0 bridgehead atoms. The molecule has 2 aromatic rings. The van der Waals surface area contributed by atoms with Gasteiger partial charge in [0.25, 0.3) is 0 Å². The summed E-state index contributed by atoms with van der Waals surface area (Å²) in [7, 11) is 1.63. The highest BCUT2D eigenvalue weighted by Gasteiger charge is 2.31. The maximum absolute atomic E-state index is 12.8. The molecule has 1 heterocycles. The van der Waals surface area contributed by atoms with Gasteiger partial charge in [-0.2, -0.15) is 13.2 Å². The fraction of sp³-hybridized carbons (Fsp3) is 0.333. The SMILES string of the molecule is COc1ccc(N2CCN(c3ccc(C(F)(F)F)cc3N)CC2)cc1. The molecule has 3 rings (SSSR count). The van der Waals surface area contributed by atoms with Crippen molar-refractivity contribution < 1.29 is 17.9 Å². The van der Waals surface area contributed by atoms with Crippen LogP contribution in [-0.2, 0) is 6.18 Å². The Morgan fingerprint density at radius 3 is 2.04 bits per heavy atom. The van der Waals surface area contributed by atoms with E-state index in [1.165, 1.54) is 6.07 Å². The van der Waals surface area contributed by atoms with E-state index >= 15 is 0 Å². The number of piperazine rings is 1. The number of ether oxygens (including phenoxy) is 1. The van der Waals surface area contributed by atoms with Crippen LogP contribution in [0.3, 0.4) is 0 Å². The van der Waals surface area contributed by atoms with Crippen LogP contribution in [0.15, 0.2) is 42.5 Å². The summed E-state index contributed by atoms with van der Waals surface area (Å²) in [5.41, 5.74) is 7.05. The van der Waals surface area contributed by atoms with Crippen LogP contribution >= 0.6 is 0 Å². The van der Waals surface area contributed by atoms with E-state index in [0.717, 1.165) is 36.7 Å². The zero-order valence-electron chi connectivity index (χ0n) is 13.9. The third-order valence-corrected chi connectivity index (χ3v) is 4.41. The lowest BCUT2D eigenvalue weighted by Crippen LogP contribution is -2.46. The largest absolute Gasteiger partial charge is 0.497 e. The van der Waals surface area contributed by atoms with Crippen molar-refractivity contribution >= 4 is 17.1 Å². The number of methoxy groups -OCH3 is 1. The van der Waals surface area contributed by atoms with Gasteiger partial charge >= 0.3 is 6.18 Å². The molecule has 0 atom stereocenters. The second kappa shape index (κ2) is 6.74. The zero-order valence-corrected chi connectivity index (χ0v) is 13.9. The van der Waals surface area contributed by atoms with Gasteiger partial charge in [0.05, 0.1) is 24.0 Å². The smallest absolute Gasteiger partial charge is 0.416 e. The Balaban J connectivity index is 1.67. The molecule has 0 unspecified atom stereocenters. The minimum absolute atomic E-state index is 0.160. The second-order valence-electron chi connectivity index (χ2n) is 5.94. The fourth-order valence-electron chi connectivity index (χ4n) is 3.02. The number of nitrogens with zero attached hydrogens (tertiary/aromatic N) is 2. The first-order chi connectivity index (χ1) is 11.9. The lowest BCUT2D eigenvalue weighted by Gasteiger charge is -2.38. The Bertz CT molecular complexity index is 723. The number of halogens is 3. The highest BCUT2D eigenvalue weighted by Crippen LogP contribution is 2.34. The monoisotopic (exact) mass is 351 g/mol. The highest BCUT2D eigenvalue weighted by atomic mass is 19.4. The maximum Gasteiger partial charge on any atom is 0.416 e. The molecule has 2 N–H and O–H groups in total. The number of hydrogen-bond donors (Lipinski definition) is 1. The van der Waals surface area contributed by atoms with E-state index in [1.807, 2.05) is 29.2 Å². The third kappa shape index (κ3) is 3.75. The van der Waals surface area contributed by atoms with Crippen molar-refractivity contribution in [2.75, 3.05) is 48.8 Å². The summed E-state index contributed by atoms with van der Waals surface area (Å²) in [4.78, 5) is 4.26. The first-order valence-corrected chi connectivity index (χ1v) is 7.99. The number of benzene rings is 2. The number of anilines is 3. The van der Waals surface area contributed by atoms with Gasteiger partial charge in [-0.1, -0.05) is 0 Å². The van der Waals surface area contributed by atoms with E-state index in [9.17, 15) is 13.2 Å². The van der Waals surface area contributed by atoms with Crippen molar-refractivity contribution in [3.63, 3.8) is 0 Å². The summed E-state index contributed by atoms with van der Waals surface area (Å²) in [6, 6.07) is 11.4. The third-order valence-electron chi connectivity index (χ3n) is 4.41. The highest BCUT2D eigenvalue weighted by molar-refractivity contribution is 5.69. The lowest BCUT2D eigenvalue weighted by molar-refractivity contribution is -0.137. The predicted octanol–water partition coefficient (Wildman–Crippen LogP) is 3.62. The molecule has 134 valence electrons. The Labute approximate surface area is 144 Å². The van der Waals surface area contributed by atoms with E-state index in [0.29, 0.717) is 18.8 Å². The van der Waals surface area contributed by atoms with Crippen LogP contribution in [0.5, 0.6) is 5.75 Å².